The normalized spacial score (nSPS) is 12.9. The van der Waals surface area contributed by atoms with Crippen LogP contribution in [0.2, 0.25) is 0 Å². The number of carbonyl (C=O) groups excluding carboxylic acids is 2. The van der Waals surface area contributed by atoms with E-state index in [2.05, 4.69) is 0 Å². The van der Waals surface area contributed by atoms with Crippen molar-refractivity contribution >= 4 is 22.7 Å². The summed E-state index contributed by atoms with van der Waals surface area (Å²) in [6.45, 7) is 2.16. The van der Waals surface area contributed by atoms with Crippen LogP contribution in [-0.4, -0.2) is 60.8 Å². The second kappa shape index (κ2) is 10.5. The van der Waals surface area contributed by atoms with E-state index in [1.165, 1.54) is 13.8 Å². The molecule has 2 aromatic carbocycles. The van der Waals surface area contributed by atoms with Gasteiger partial charge in [0, 0.05) is 24.6 Å². The highest BCUT2D eigenvalue weighted by Crippen LogP contribution is 2.32. The molecule has 2 aromatic rings. The van der Waals surface area contributed by atoms with Gasteiger partial charge in [-0.3, -0.25) is 9.59 Å². The smallest absolute Gasteiger partial charge is 0.302 e. The quantitative estimate of drug-likeness (QED) is 0.585. The molecule has 2 rings (SSSR count). The molecule has 0 aliphatic rings. The molecule has 0 aliphatic heterocycles. The second-order valence-electron chi connectivity index (χ2n) is 6.14. The SMILES string of the molecule is CC(=O)OCC(O)COc1cccc2c(OCC(O)COC(C)=O)cccc12. The van der Waals surface area contributed by atoms with Gasteiger partial charge in [-0.2, -0.15) is 0 Å². The van der Waals surface area contributed by atoms with E-state index in [0.29, 0.717) is 11.5 Å². The van der Waals surface area contributed by atoms with E-state index >= 15 is 0 Å². The maximum Gasteiger partial charge on any atom is 0.302 e. The Labute approximate surface area is 162 Å². The molecule has 2 unspecified atom stereocenters. The Morgan fingerprint density at radius 2 is 1.14 bits per heavy atom. The van der Waals surface area contributed by atoms with Crippen molar-refractivity contribution in [1.82, 2.24) is 0 Å². The first-order valence-corrected chi connectivity index (χ1v) is 8.77. The first-order chi connectivity index (χ1) is 13.4. The van der Waals surface area contributed by atoms with Crippen molar-refractivity contribution < 1.29 is 38.7 Å². The topological polar surface area (TPSA) is 112 Å². The number of aliphatic hydroxyl groups excluding tert-OH is 2. The number of benzene rings is 2. The van der Waals surface area contributed by atoms with Gasteiger partial charge in [-0.25, -0.2) is 0 Å². The zero-order chi connectivity index (χ0) is 20.5. The minimum absolute atomic E-state index is 0.0431. The number of esters is 2. The van der Waals surface area contributed by atoms with Gasteiger partial charge in [-0.1, -0.05) is 24.3 Å². The highest BCUT2D eigenvalue weighted by Gasteiger charge is 2.12. The first-order valence-electron chi connectivity index (χ1n) is 8.77. The summed E-state index contributed by atoms with van der Waals surface area (Å²) in [5.41, 5.74) is 0. The van der Waals surface area contributed by atoms with Crippen LogP contribution < -0.4 is 9.47 Å². The van der Waals surface area contributed by atoms with Crippen molar-refractivity contribution in [1.29, 1.82) is 0 Å². The van der Waals surface area contributed by atoms with E-state index in [-0.39, 0.29) is 26.4 Å². The van der Waals surface area contributed by atoms with Gasteiger partial charge < -0.3 is 29.2 Å². The van der Waals surface area contributed by atoms with Gasteiger partial charge in [0.25, 0.3) is 0 Å². The molecule has 2 atom stereocenters. The molecule has 0 aliphatic carbocycles. The molecule has 0 radical (unpaired) electrons. The van der Waals surface area contributed by atoms with Crippen LogP contribution in [0.1, 0.15) is 13.8 Å². The molecule has 152 valence electrons. The van der Waals surface area contributed by atoms with Crippen LogP contribution in [0.15, 0.2) is 36.4 Å². The number of fused-ring (bicyclic) bond motifs is 1. The zero-order valence-electron chi connectivity index (χ0n) is 15.8. The van der Waals surface area contributed by atoms with Crippen LogP contribution in [0, 0.1) is 0 Å². The van der Waals surface area contributed by atoms with Crippen molar-refractivity contribution in [2.24, 2.45) is 0 Å². The molecule has 8 nitrogen and oxygen atoms in total. The van der Waals surface area contributed by atoms with Gasteiger partial charge in [-0.15, -0.1) is 0 Å². The molecule has 0 aromatic heterocycles. The number of hydrogen-bond donors (Lipinski definition) is 2. The van der Waals surface area contributed by atoms with Crippen molar-refractivity contribution in [3.63, 3.8) is 0 Å². The Hall–Kier alpha value is -2.84. The molecule has 0 saturated carbocycles. The van der Waals surface area contributed by atoms with Crippen LogP contribution >= 0.6 is 0 Å². The lowest BCUT2D eigenvalue weighted by molar-refractivity contribution is -0.145. The third-order valence-electron chi connectivity index (χ3n) is 3.66. The minimum atomic E-state index is -0.949. The van der Waals surface area contributed by atoms with Crippen LogP contribution in [0.5, 0.6) is 11.5 Å². The van der Waals surface area contributed by atoms with E-state index in [9.17, 15) is 19.8 Å². The van der Waals surface area contributed by atoms with E-state index in [1.54, 1.807) is 24.3 Å². The average molecular weight is 392 g/mol. The van der Waals surface area contributed by atoms with E-state index in [1.807, 2.05) is 12.1 Å². The van der Waals surface area contributed by atoms with Gasteiger partial charge in [0.15, 0.2) is 0 Å². The van der Waals surface area contributed by atoms with Crippen molar-refractivity contribution in [2.75, 3.05) is 26.4 Å². The van der Waals surface area contributed by atoms with Crippen LogP contribution in [-0.2, 0) is 19.1 Å². The number of ether oxygens (including phenoxy) is 4. The van der Waals surface area contributed by atoms with Gasteiger partial charge in [-0.05, 0) is 12.1 Å². The monoisotopic (exact) mass is 392 g/mol. The molecular weight excluding hydrogens is 368 g/mol. The molecule has 28 heavy (non-hydrogen) atoms. The van der Waals surface area contributed by atoms with Gasteiger partial charge in [0.05, 0.1) is 0 Å². The fourth-order valence-corrected chi connectivity index (χ4v) is 2.40. The lowest BCUT2D eigenvalue weighted by Gasteiger charge is -2.16. The number of rotatable bonds is 10. The third kappa shape index (κ3) is 6.71. The summed E-state index contributed by atoms with van der Waals surface area (Å²) in [4.78, 5) is 21.6. The Kier molecular flexibility index (Phi) is 8.03. The summed E-state index contributed by atoms with van der Waals surface area (Å²) < 4.78 is 20.8. The van der Waals surface area contributed by atoms with E-state index < -0.39 is 24.1 Å². The van der Waals surface area contributed by atoms with Gasteiger partial charge in [0.1, 0.15) is 50.1 Å². The van der Waals surface area contributed by atoms with E-state index in [4.69, 9.17) is 18.9 Å². The molecule has 2 N–H and O–H groups in total. The number of aliphatic hydroxyl groups is 2. The maximum absolute atomic E-state index is 10.8. The summed E-state index contributed by atoms with van der Waals surface area (Å²) in [5, 5.41) is 21.2. The van der Waals surface area contributed by atoms with Crippen LogP contribution in [0.25, 0.3) is 10.8 Å². The van der Waals surface area contributed by atoms with Crippen molar-refractivity contribution in [3.8, 4) is 11.5 Å². The maximum atomic E-state index is 10.8. The fraction of sp³-hybridized carbons (Fsp3) is 0.400. The van der Waals surface area contributed by atoms with E-state index in [0.717, 1.165) is 10.8 Å². The lowest BCUT2D eigenvalue weighted by atomic mass is 10.1. The Bertz CT molecular complexity index is 737. The summed E-state index contributed by atoms with van der Waals surface area (Å²) in [6, 6.07) is 10.7. The molecule has 0 spiro atoms. The van der Waals surface area contributed by atoms with Crippen molar-refractivity contribution in [2.45, 2.75) is 26.1 Å². The zero-order valence-corrected chi connectivity index (χ0v) is 15.8. The van der Waals surface area contributed by atoms with Crippen molar-refractivity contribution in [3.05, 3.63) is 36.4 Å². The summed E-state index contributed by atoms with van der Waals surface area (Å²) >= 11 is 0. The lowest BCUT2D eigenvalue weighted by Crippen LogP contribution is -2.24. The predicted molar refractivity (Wildman–Crippen MR) is 100 cm³/mol. The highest BCUT2D eigenvalue weighted by molar-refractivity contribution is 5.93. The predicted octanol–water partition coefficient (Wildman–Crippen LogP) is 1.45. The van der Waals surface area contributed by atoms with Gasteiger partial charge in [0.2, 0.25) is 0 Å². The molecule has 0 bridgehead atoms. The molecule has 8 heteroatoms. The Balaban J connectivity index is 2.03. The number of hydrogen-bond acceptors (Lipinski definition) is 8. The standard InChI is InChI=1S/C20H24O8/c1-13(21)25-9-15(23)11-27-19-7-3-6-18-17(19)5-4-8-20(18)28-12-16(24)10-26-14(2)22/h3-8,15-16,23-24H,9-12H2,1-2H3. The van der Waals surface area contributed by atoms with Crippen LogP contribution in [0.4, 0.5) is 0 Å². The molecule has 0 saturated heterocycles. The molecule has 0 heterocycles. The van der Waals surface area contributed by atoms with Gasteiger partial charge >= 0.3 is 11.9 Å². The van der Waals surface area contributed by atoms with Crippen LogP contribution in [0.3, 0.4) is 0 Å². The second-order valence-corrected chi connectivity index (χ2v) is 6.14. The Morgan fingerprint density at radius 1 is 0.750 bits per heavy atom. The summed E-state index contributed by atoms with van der Waals surface area (Å²) in [5.74, 6) is 0.124. The summed E-state index contributed by atoms with van der Waals surface area (Å²) in [7, 11) is 0. The molecule has 0 amide bonds. The summed E-state index contributed by atoms with van der Waals surface area (Å²) in [6.07, 6.45) is -1.90. The first kappa shape index (κ1) is 21.5. The molecule has 0 fully saturated rings. The third-order valence-corrected chi connectivity index (χ3v) is 3.66. The Morgan fingerprint density at radius 3 is 1.50 bits per heavy atom. The highest BCUT2D eigenvalue weighted by atomic mass is 16.6. The largest absolute Gasteiger partial charge is 0.490 e. The number of carbonyl (C=O) groups is 2. The fourth-order valence-electron chi connectivity index (χ4n) is 2.40. The minimum Gasteiger partial charge on any atom is -0.490 e. The average Bonchev–Trinajstić information content (AvgIpc) is 2.67. The molecular formula is C20H24O8.